The molecule has 350 valence electrons. The van der Waals surface area contributed by atoms with Gasteiger partial charge in [-0.3, -0.25) is 0 Å². The standard InChI is InChI=1S/C75H45N/c1-2-19-51(20-3-1)76-68-33-17-14-25-56(68)64-45-50(40-43-69(64)76)71-60-29-10-8-27-58(60)70(59-28-9-11-30-61(59)71)48-36-34-46(35-37-48)49-38-41-62-63(44-49)53-22-6-7-26-57(53)73-72-52-21-5-4-18-47(52)39-42-67(72)75(74(62)73)65-31-15-12-23-54(65)55-24-13-16-32-66(55)75/h1-45H. The fourth-order valence-corrected chi connectivity index (χ4v) is 14.4. The van der Waals surface area contributed by atoms with Crippen molar-refractivity contribution in [1.29, 1.82) is 0 Å². The molecule has 1 heterocycles. The van der Waals surface area contributed by atoms with Gasteiger partial charge in [-0.05, 0) is 168 Å². The van der Waals surface area contributed by atoms with Gasteiger partial charge < -0.3 is 4.57 Å². The molecule has 17 rings (SSSR count). The van der Waals surface area contributed by atoms with Crippen molar-refractivity contribution in [1.82, 2.24) is 4.57 Å². The highest BCUT2D eigenvalue weighted by Crippen LogP contribution is 2.66. The first-order valence-electron chi connectivity index (χ1n) is 26.6. The van der Waals surface area contributed by atoms with Gasteiger partial charge in [-0.1, -0.05) is 237 Å². The third-order valence-electron chi connectivity index (χ3n) is 17.3. The van der Waals surface area contributed by atoms with E-state index in [9.17, 15) is 0 Å². The molecule has 1 nitrogen and oxygen atoms in total. The van der Waals surface area contributed by atoms with E-state index in [2.05, 4.69) is 278 Å². The van der Waals surface area contributed by atoms with E-state index in [1.807, 2.05) is 0 Å². The van der Waals surface area contributed by atoms with E-state index in [0.717, 1.165) is 0 Å². The van der Waals surface area contributed by atoms with E-state index in [4.69, 9.17) is 0 Å². The van der Waals surface area contributed by atoms with Crippen LogP contribution in [0.15, 0.2) is 273 Å². The lowest BCUT2D eigenvalue weighted by Gasteiger charge is -2.32. The van der Waals surface area contributed by atoms with E-state index in [-0.39, 0.29) is 0 Å². The third kappa shape index (κ3) is 5.48. The number of nitrogens with zero attached hydrogens (tertiary/aromatic N) is 1. The van der Waals surface area contributed by atoms with E-state index in [1.54, 1.807) is 0 Å². The lowest BCUT2D eigenvalue weighted by molar-refractivity contribution is 0.802. The zero-order valence-corrected chi connectivity index (χ0v) is 41.4. The molecule has 0 fully saturated rings. The topological polar surface area (TPSA) is 4.93 Å². The van der Waals surface area contributed by atoms with Crippen LogP contribution in [0.2, 0.25) is 0 Å². The summed E-state index contributed by atoms with van der Waals surface area (Å²) < 4.78 is 2.40. The lowest BCUT2D eigenvalue weighted by Crippen LogP contribution is -2.26. The van der Waals surface area contributed by atoms with Gasteiger partial charge in [0.15, 0.2) is 0 Å². The molecule has 0 aliphatic heterocycles. The summed E-state index contributed by atoms with van der Waals surface area (Å²) in [5, 5.41) is 15.3. The number of para-hydroxylation sites is 2. The van der Waals surface area contributed by atoms with Gasteiger partial charge in [0.1, 0.15) is 0 Å². The molecule has 0 N–H and O–H groups in total. The zero-order valence-electron chi connectivity index (χ0n) is 41.4. The third-order valence-corrected chi connectivity index (χ3v) is 17.3. The molecule has 1 heteroatoms. The van der Waals surface area contributed by atoms with Crippen LogP contribution in [-0.2, 0) is 5.41 Å². The summed E-state index contributed by atoms with van der Waals surface area (Å²) in [5.41, 5.74) is 21.3. The predicted octanol–water partition coefficient (Wildman–Crippen LogP) is 19.9. The van der Waals surface area contributed by atoms with E-state index < -0.39 is 5.41 Å². The first-order valence-corrected chi connectivity index (χ1v) is 26.6. The highest BCUT2D eigenvalue weighted by atomic mass is 15.0. The molecule has 0 unspecified atom stereocenters. The second kappa shape index (κ2) is 15.6. The van der Waals surface area contributed by atoms with Gasteiger partial charge in [-0.2, -0.15) is 0 Å². The second-order valence-corrected chi connectivity index (χ2v) is 20.9. The number of hydrogen-bond donors (Lipinski definition) is 0. The van der Waals surface area contributed by atoms with Gasteiger partial charge in [0.25, 0.3) is 0 Å². The molecular formula is C75H45N. The SMILES string of the molecule is c1ccc(-n2c3ccccc3c3cc(-c4c5ccccc5c(-c5ccc(-c6ccc7c8c(c9ccccc9c7c6)-c6c(ccc7ccccc67)C86c7ccccc7-c7ccccc76)cc5)c5ccccc45)ccc32)cc1. The van der Waals surface area contributed by atoms with Gasteiger partial charge >= 0.3 is 0 Å². The summed E-state index contributed by atoms with van der Waals surface area (Å²) in [6.45, 7) is 0. The summed E-state index contributed by atoms with van der Waals surface area (Å²) >= 11 is 0. The Labute approximate surface area is 439 Å². The summed E-state index contributed by atoms with van der Waals surface area (Å²) in [7, 11) is 0. The molecule has 14 aromatic carbocycles. The van der Waals surface area contributed by atoms with Crippen LogP contribution in [0, 0.1) is 0 Å². The van der Waals surface area contributed by atoms with Crippen LogP contribution in [0.1, 0.15) is 22.3 Å². The fourth-order valence-electron chi connectivity index (χ4n) is 14.4. The van der Waals surface area contributed by atoms with Crippen molar-refractivity contribution in [3.05, 3.63) is 295 Å². The van der Waals surface area contributed by atoms with Crippen LogP contribution in [0.4, 0.5) is 0 Å². The normalized spacial score (nSPS) is 13.1. The van der Waals surface area contributed by atoms with Crippen LogP contribution in [0.3, 0.4) is 0 Å². The van der Waals surface area contributed by atoms with E-state index in [0.29, 0.717) is 0 Å². The van der Waals surface area contributed by atoms with Crippen molar-refractivity contribution in [3.63, 3.8) is 0 Å². The summed E-state index contributed by atoms with van der Waals surface area (Å²) in [6.07, 6.45) is 0. The van der Waals surface area contributed by atoms with Crippen molar-refractivity contribution in [2.75, 3.05) is 0 Å². The first kappa shape index (κ1) is 41.6. The van der Waals surface area contributed by atoms with Gasteiger partial charge in [0.2, 0.25) is 0 Å². The largest absolute Gasteiger partial charge is 0.309 e. The van der Waals surface area contributed by atoms with Crippen molar-refractivity contribution < 1.29 is 0 Å². The Bertz CT molecular complexity index is 4870. The number of rotatable bonds is 4. The van der Waals surface area contributed by atoms with E-state index >= 15 is 0 Å². The van der Waals surface area contributed by atoms with Crippen LogP contribution < -0.4 is 0 Å². The molecule has 0 saturated carbocycles. The molecule has 1 spiro atoms. The first-order chi connectivity index (χ1) is 37.7. The minimum Gasteiger partial charge on any atom is -0.309 e. The van der Waals surface area contributed by atoms with Crippen molar-refractivity contribution >= 4 is 75.7 Å². The summed E-state index contributed by atoms with van der Waals surface area (Å²) in [4.78, 5) is 0. The van der Waals surface area contributed by atoms with Crippen molar-refractivity contribution in [2.45, 2.75) is 5.41 Å². The average molecular weight is 960 g/mol. The monoisotopic (exact) mass is 959 g/mol. The summed E-state index contributed by atoms with van der Waals surface area (Å²) in [5.74, 6) is 0. The van der Waals surface area contributed by atoms with Gasteiger partial charge in [0, 0.05) is 16.5 Å². The van der Waals surface area contributed by atoms with Crippen molar-refractivity contribution in [3.8, 4) is 61.3 Å². The molecule has 76 heavy (non-hydrogen) atoms. The molecule has 0 atom stereocenters. The smallest absolute Gasteiger partial charge is 0.0732 e. The average Bonchev–Trinajstić information content (AvgIpc) is 4.31. The van der Waals surface area contributed by atoms with Crippen LogP contribution in [0.5, 0.6) is 0 Å². The summed E-state index contributed by atoms with van der Waals surface area (Å²) in [6, 6.07) is 103. The number of fused-ring (bicyclic) bond motifs is 22. The molecule has 0 saturated heterocycles. The maximum Gasteiger partial charge on any atom is 0.0732 e. The Morgan fingerprint density at radius 1 is 0.237 bits per heavy atom. The van der Waals surface area contributed by atoms with Crippen LogP contribution in [0.25, 0.3) is 137 Å². The minimum absolute atomic E-state index is 0.482. The quantitative estimate of drug-likeness (QED) is 0.122. The predicted molar refractivity (Wildman–Crippen MR) is 321 cm³/mol. The lowest BCUT2D eigenvalue weighted by atomic mass is 9.69. The molecule has 0 radical (unpaired) electrons. The molecule has 2 aliphatic rings. The van der Waals surface area contributed by atoms with Gasteiger partial charge in [0.05, 0.1) is 16.4 Å². The second-order valence-electron chi connectivity index (χ2n) is 20.9. The number of hydrogen-bond acceptors (Lipinski definition) is 0. The van der Waals surface area contributed by atoms with Gasteiger partial charge in [-0.15, -0.1) is 0 Å². The Morgan fingerprint density at radius 3 is 1.41 bits per heavy atom. The number of benzene rings is 14. The fraction of sp³-hybridized carbons (Fsp3) is 0.0133. The van der Waals surface area contributed by atoms with Gasteiger partial charge in [-0.25, -0.2) is 0 Å². The van der Waals surface area contributed by atoms with Crippen LogP contribution >= 0.6 is 0 Å². The molecule has 1 aromatic heterocycles. The molecule has 0 amide bonds. The highest BCUT2D eigenvalue weighted by molar-refractivity contribution is 6.25. The zero-order chi connectivity index (χ0) is 49.6. The highest BCUT2D eigenvalue weighted by Gasteiger charge is 2.53. The Kier molecular flexibility index (Phi) is 8.55. The van der Waals surface area contributed by atoms with E-state index in [1.165, 1.54) is 159 Å². The minimum atomic E-state index is -0.482. The van der Waals surface area contributed by atoms with Crippen molar-refractivity contribution in [2.24, 2.45) is 0 Å². The Hall–Kier alpha value is -9.82. The maximum absolute atomic E-state index is 2.47. The number of aromatic nitrogens is 1. The molecule has 2 aliphatic carbocycles. The van der Waals surface area contributed by atoms with Crippen LogP contribution in [-0.4, -0.2) is 4.57 Å². The maximum atomic E-state index is 2.47. The Morgan fingerprint density at radius 2 is 0.724 bits per heavy atom. The Balaban J connectivity index is 0.844. The molecule has 15 aromatic rings. The molecular weight excluding hydrogens is 915 g/mol. The molecule has 0 bridgehead atoms.